The minimum Gasteiger partial charge on any atom is -0.489 e. The van der Waals surface area contributed by atoms with Crippen LogP contribution in [0.25, 0.3) is 0 Å². The number of esters is 1. The smallest absolute Gasteiger partial charge is 0.350 e. The van der Waals surface area contributed by atoms with Gasteiger partial charge in [0.25, 0.3) is 0 Å². The van der Waals surface area contributed by atoms with E-state index in [2.05, 4.69) is 27.2 Å². The van der Waals surface area contributed by atoms with E-state index in [0.717, 1.165) is 22.9 Å². The van der Waals surface area contributed by atoms with Crippen molar-refractivity contribution in [2.45, 2.75) is 40.3 Å². The number of hydrogen-bond donors (Lipinski definition) is 2. The zero-order valence-electron chi connectivity index (χ0n) is 18.4. The number of hydrogen-bond acceptors (Lipinski definition) is 6. The van der Waals surface area contributed by atoms with E-state index in [-0.39, 0.29) is 36.0 Å². The molecule has 1 heterocycles. The number of benzene rings is 1. The molecule has 0 aliphatic carbocycles. The lowest BCUT2D eigenvalue weighted by molar-refractivity contribution is 0.0531. The number of aryl methyl sites for hydroxylation is 1. The van der Waals surface area contributed by atoms with Crippen LogP contribution in [0, 0.1) is 6.92 Å². The number of thiazole rings is 1. The Morgan fingerprint density at radius 2 is 2.10 bits per heavy atom. The van der Waals surface area contributed by atoms with E-state index in [9.17, 15) is 4.79 Å². The molecule has 1 unspecified atom stereocenters. The van der Waals surface area contributed by atoms with Crippen molar-refractivity contribution in [3.05, 3.63) is 58.1 Å². The van der Waals surface area contributed by atoms with Gasteiger partial charge in [-0.3, -0.25) is 0 Å². The Morgan fingerprint density at radius 3 is 2.77 bits per heavy atom. The monoisotopic (exact) mass is 558 g/mol. The normalized spacial score (nSPS) is 11.8. The third-order valence-electron chi connectivity index (χ3n) is 4.08. The van der Waals surface area contributed by atoms with Gasteiger partial charge in [0.05, 0.1) is 24.9 Å². The Kier molecular flexibility index (Phi) is 12.2. The van der Waals surface area contributed by atoms with E-state index < -0.39 is 0 Å². The molecular formula is C22H31IN4O3S. The number of halogens is 1. The molecule has 2 rings (SSSR count). The predicted molar refractivity (Wildman–Crippen MR) is 137 cm³/mol. The first kappa shape index (κ1) is 26.9. The number of rotatable bonds is 10. The van der Waals surface area contributed by atoms with Crippen molar-refractivity contribution < 1.29 is 14.3 Å². The molecule has 9 heteroatoms. The second-order valence-corrected chi connectivity index (χ2v) is 7.49. The van der Waals surface area contributed by atoms with Gasteiger partial charge < -0.3 is 20.1 Å². The fourth-order valence-electron chi connectivity index (χ4n) is 2.66. The van der Waals surface area contributed by atoms with Crippen molar-refractivity contribution in [2.24, 2.45) is 4.99 Å². The van der Waals surface area contributed by atoms with Gasteiger partial charge in [-0.15, -0.1) is 35.3 Å². The van der Waals surface area contributed by atoms with Crippen LogP contribution in [0.5, 0.6) is 5.75 Å². The number of nitrogens with one attached hydrogen (secondary N) is 2. The number of aliphatic imine (C=N–C) groups is 1. The molecule has 2 aromatic rings. The fraction of sp³-hybridized carbons (Fsp3) is 0.409. The van der Waals surface area contributed by atoms with Gasteiger partial charge in [0.1, 0.15) is 22.2 Å². The third-order valence-corrected chi connectivity index (χ3v) is 5.40. The highest BCUT2D eigenvalue weighted by Crippen LogP contribution is 2.24. The predicted octanol–water partition coefficient (Wildman–Crippen LogP) is 4.63. The van der Waals surface area contributed by atoms with Crippen LogP contribution in [-0.4, -0.2) is 36.7 Å². The van der Waals surface area contributed by atoms with Gasteiger partial charge in [-0.25, -0.2) is 14.8 Å². The minimum absolute atomic E-state index is 0. The quantitative estimate of drug-likeness (QED) is 0.146. The van der Waals surface area contributed by atoms with Crippen molar-refractivity contribution in [3.8, 4) is 5.75 Å². The number of carbonyl (C=O) groups is 1. The number of para-hydroxylation sites is 1. The fourth-order valence-corrected chi connectivity index (χ4v) is 3.63. The molecule has 0 radical (unpaired) electrons. The Balaban J connectivity index is 0.00000480. The van der Waals surface area contributed by atoms with E-state index in [0.29, 0.717) is 36.3 Å². The van der Waals surface area contributed by atoms with Crippen LogP contribution < -0.4 is 15.4 Å². The van der Waals surface area contributed by atoms with Crippen molar-refractivity contribution >= 4 is 47.2 Å². The van der Waals surface area contributed by atoms with Gasteiger partial charge in [0.2, 0.25) is 0 Å². The van der Waals surface area contributed by atoms with Gasteiger partial charge >= 0.3 is 5.97 Å². The molecule has 1 atom stereocenters. The third kappa shape index (κ3) is 8.13. The molecule has 31 heavy (non-hydrogen) atoms. The van der Waals surface area contributed by atoms with Gasteiger partial charge in [0.15, 0.2) is 5.96 Å². The van der Waals surface area contributed by atoms with E-state index in [1.807, 2.05) is 45.0 Å². The Hall–Kier alpha value is -2.14. The summed E-state index contributed by atoms with van der Waals surface area (Å²) in [6, 6.07) is 7.69. The number of guanidine groups is 1. The summed E-state index contributed by atoms with van der Waals surface area (Å²) in [4.78, 5) is 21.8. The standard InChI is InChI=1S/C22H30N4O3S.HI/c1-6-13-29-18-12-10-9-11-17(18)14-24-22(23-7-2)26-16(5)20-25-15(4)19(30-20)21(27)28-8-3;/h6,9-12,16H,1,7-8,13-14H2,2-5H3,(H2,23,24,26);1H. The van der Waals surface area contributed by atoms with Crippen LogP contribution in [0.4, 0.5) is 0 Å². The summed E-state index contributed by atoms with van der Waals surface area (Å²) in [6.07, 6.45) is 1.72. The molecule has 0 aliphatic rings. The summed E-state index contributed by atoms with van der Waals surface area (Å²) in [7, 11) is 0. The summed E-state index contributed by atoms with van der Waals surface area (Å²) in [6.45, 7) is 13.3. The number of ether oxygens (including phenoxy) is 2. The van der Waals surface area contributed by atoms with Crippen LogP contribution in [0.1, 0.15) is 52.7 Å². The molecular weight excluding hydrogens is 527 g/mol. The Bertz CT molecular complexity index is 885. The van der Waals surface area contributed by atoms with Crippen LogP contribution in [0.15, 0.2) is 41.9 Å². The minimum atomic E-state index is -0.331. The van der Waals surface area contributed by atoms with Crippen molar-refractivity contribution in [1.82, 2.24) is 15.6 Å². The largest absolute Gasteiger partial charge is 0.489 e. The Morgan fingerprint density at radius 1 is 1.35 bits per heavy atom. The van der Waals surface area contributed by atoms with Crippen molar-refractivity contribution in [3.63, 3.8) is 0 Å². The average Bonchev–Trinajstić information content (AvgIpc) is 3.13. The number of nitrogens with zero attached hydrogens (tertiary/aromatic N) is 2. The van der Waals surface area contributed by atoms with E-state index in [4.69, 9.17) is 9.47 Å². The number of carbonyl (C=O) groups excluding carboxylic acids is 1. The summed E-state index contributed by atoms with van der Waals surface area (Å²) in [5, 5.41) is 7.41. The second kappa shape index (κ2) is 14.0. The lowest BCUT2D eigenvalue weighted by atomic mass is 10.2. The summed E-state index contributed by atoms with van der Waals surface area (Å²) < 4.78 is 10.8. The molecule has 0 spiro atoms. The molecule has 0 amide bonds. The highest BCUT2D eigenvalue weighted by atomic mass is 127. The first-order valence-corrected chi connectivity index (χ1v) is 10.8. The topological polar surface area (TPSA) is 84.8 Å². The molecule has 0 aliphatic heterocycles. The zero-order chi connectivity index (χ0) is 21.9. The second-order valence-electron chi connectivity index (χ2n) is 6.46. The summed E-state index contributed by atoms with van der Waals surface area (Å²) in [5.74, 6) is 1.12. The molecule has 1 aromatic heterocycles. The van der Waals surface area contributed by atoms with Gasteiger partial charge in [0, 0.05) is 12.1 Å². The van der Waals surface area contributed by atoms with Gasteiger partial charge in [-0.05, 0) is 33.8 Å². The number of aromatic nitrogens is 1. The lowest BCUT2D eigenvalue weighted by Gasteiger charge is -2.16. The first-order chi connectivity index (χ1) is 14.5. The molecule has 0 bridgehead atoms. The highest BCUT2D eigenvalue weighted by molar-refractivity contribution is 14.0. The molecule has 7 nitrogen and oxygen atoms in total. The maximum absolute atomic E-state index is 12.1. The molecule has 170 valence electrons. The van der Waals surface area contributed by atoms with E-state index in [1.165, 1.54) is 11.3 Å². The first-order valence-electron chi connectivity index (χ1n) is 10.0. The summed E-state index contributed by atoms with van der Waals surface area (Å²) >= 11 is 1.34. The lowest BCUT2D eigenvalue weighted by Crippen LogP contribution is -2.38. The molecule has 0 fully saturated rings. The summed E-state index contributed by atoms with van der Waals surface area (Å²) in [5.41, 5.74) is 1.66. The molecule has 0 saturated carbocycles. The van der Waals surface area contributed by atoms with Crippen LogP contribution in [-0.2, 0) is 11.3 Å². The SMILES string of the molecule is C=CCOc1ccccc1CN=C(NCC)NC(C)c1nc(C)c(C(=O)OCC)s1.I. The molecule has 0 saturated heterocycles. The van der Waals surface area contributed by atoms with E-state index in [1.54, 1.807) is 13.0 Å². The molecule has 1 aromatic carbocycles. The van der Waals surface area contributed by atoms with Crippen molar-refractivity contribution in [2.75, 3.05) is 19.8 Å². The van der Waals surface area contributed by atoms with Crippen molar-refractivity contribution in [1.29, 1.82) is 0 Å². The maximum atomic E-state index is 12.1. The molecule has 2 N–H and O–H groups in total. The maximum Gasteiger partial charge on any atom is 0.350 e. The van der Waals surface area contributed by atoms with E-state index >= 15 is 0 Å². The van der Waals surface area contributed by atoms with Gasteiger partial charge in [-0.1, -0.05) is 30.9 Å². The zero-order valence-corrected chi connectivity index (χ0v) is 21.6. The van der Waals surface area contributed by atoms with Crippen LogP contribution >= 0.6 is 35.3 Å². The van der Waals surface area contributed by atoms with Crippen LogP contribution in [0.3, 0.4) is 0 Å². The van der Waals surface area contributed by atoms with Crippen LogP contribution in [0.2, 0.25) is 0 Å². The average molecular weight is 558 g/mol. The highest BCUT2D eigenvalue weighted by Gasteiger charge is 2.20. The Labute approximate surface area is 205 Å². The van der Waals surface area contributed by atoms with Gasteiger partial charge in [-0.2, -0.15) is 0 Å².